The second-order valence-electron chi connectivity index (χ2n) is 6.02. The van der Waals surface area contributed by atoms with E-state index < -0.39 is 12.0 Å². The highest BCUT2D eigenvalue weighted by Crippen LogP contribution is 2.40. The Morgan fingerprint density at radius 2 is 2.04 bits per heavy atom. The molecule has 1 saturated heterocycles. The summed E-state index contributed by atoms with van der Waals surface area (Å²) in [6.07, 6.45) is 0.213. The quantitative estimate of drug-likeness (QED) is 0.790. The summed E-state index contributed by atoms with van der Waals surface area (Å²) in [5, 5.41) is 0.665. The summed E-state index contributed by atoms with van der Waals surface area (Å²) in [6.45, 7) is 5.42. The maximum absolute atomic E-state index is 12.7. The number of benzene rings is 1. The van der Waals surface area contributed by atoms with E-state index in [1.807, 2.05) is 44.2 Å². The van der Waals surface area contributed by atoms with E-state index in [9.17, 15) is 9.59 Å². The zero-order chi connectivity index (χ0) is 17.3. The molecule has 0 spiro atoms. The Labute approximate surface area is 145 Å². The van der Waals surface area contributed by atoms with Gasteiger partial charge in [-0.05, 0) is 26.3 Å². The van der Waals surface area contributed by atoms with Gasteiger partial charge in [-0.3, -0.25) is 9.69 Å². The molecule has 0 N–H and O–H groups in total. The fraction of sp³-hybridized carbons (Fsp3) is 0.389. The topological polar surface area (TPSA) is 59.0 Å². The minimum Gasteiger partial charge on any atom is -0.459 e. The van der Waals surface area contributed by atoms with Crippen LogP contribution in [0.3, 0.4) is 0 Å². The van der Waals surface area contributed by atoms with Crippen molar-refractivity contribution in [3.63, 3.8) is 0 Å². The summed E-state index contributed by atoms with van der Waals surface area (Å²) in [4.78, 5) is 31.4. The zero-order valence-electron chi connectivity index (χ0n) is 14.0. The van der Waals surface area contributed by atoms with E-state index in [1.54, 1.807) is 23.6 Å². The van der Waals surface area contributed by atoms with Crippen LogP contribution in [0.1, 0.15) is 38.8 Å². The van der Waals surface area contributed by atoms with Crippen molar-refractivity contribution in [1.82, 2.24) is 4.90 Å². The Balaban J connectivity index is 2.12. The first-order valence-corrected chi connectivity index (χ1v) is 8.98. The minimum atomic E-state index is -0.481. The van der Waals surface area contributed by atoms with Crippen molar-refractivity contribution < 1.29 is 14.3 Å². The molecule has 0 aromatic heterocycles. The summed E-state index contributed by atoms with van der Waals surface area (Å²) >= 11 is 1.55. The Hall–Kier alpha value is -2.08. The average Bonchev–Trinajstić information content (AvgIpc) is 2.53. The lowest BCUT2D eigenvalue weighted by atomic mass is 9.94. The smallest absolute Gasteiger partial charge is 0.338 e. The molecule has 24 heavy (non-hydrogen) atoms. The molecule has 1 amide bonds. The molecule has 0 bridgehead atoms. The van der Waals surface area contributed by atoms with E-state index in [1.165, 1.54) is 0 Å². The lowest BCUT2D eigenvalue weighted by Gasteiger charge is -2.39. The number of fused-ring (bicyclic) bond motifs is 1. The van der Waals surface area contributed by atoms with Crippen LogP contribution >= 0.6 is 11.8 Å². The number of esters is 1. The standard InChI is InChI=1S/C18H20N2O3S/c1-11(2)23-17(22)15-12(3)19-18-20(14(21)9-10-24-18)16(15)13-7-5-4-6-8-13/h4-8,11,16H,9-10H2,1-3H3/t16-/m0/s1. The van der Waals surface area contributed by atoms with Gasteiger partial charge in [0, 0.05) is 12.2 Å². The van der Waals surface area contributed by atoms with E-state index in [0.29, 0.717) is 28.6 Å². The number of allylic oxidation sites excluding steroid dienone is 1. The molecule has 0 aliphatic carbocycles. The third-order valence-corrected chi connectivity index (χ3v) is 4.84. The molecule has 0 unspecified atom stereocenters. The van der Waals surface area contributed by atoms with Crippen molar-refractivity contribution >= 4 is 28.8 Å². The van der Waals surface area contributed by atoms with Crippen molar-refractivity contribution in [2.24, 2.45) is 4.99 Å². The van der Waals surface area contributed by atoms with Crippen molar-refractivity contribution in [1.29, 1.82) is 0 Å². The molecule has 2 aliphatic heterocycles. The van der Waals surface area contributed by atoms with Gasteiger partial charge in [0.15, 0.2) is 5.17 Å². The van der Waals surface area contributed by atoms with Crippen LogP contribution in [-0.2, 0) is 14.3 Å². The van der Waals surface area contributed by atoms with Crippen molar-refractivity contribution in [3.8, 4) is 0 Å². The van der Waals surface area contributed by atoms with Crippen LogP contribution in [0.4, 0.5) is 0 Å². The molecule has 2 aliphatic rings. The summed E-state index contributed by atoms with van der Waals surface area (Å²) in [6, 6.07) is 9.10. The lowest BCUT2D eigenvalue weighted by molar-refractivity contribution is -0.143. The Bertz CT molecular complexity index is 725. The highest BCUT2D eigenvalue weighted by molar-refractivity contribution is 8.14. The number of thioether (sulfide) groups is 1. The number of amides is 1. The molecular weight excluding hydrogens is 324 g/mol. The largest absolute Gasteiger partial charge is 0.459 e. The van der Waals surface area contributed by atoms with Crippen LogP contribution in [0.15, 0.2) is 46.6 Å². The second kappa shape index (κ2) is 6.81. The van der Waals surface area contributed by atoms with E-state index in [2.05, 4.69) is 4.99 Å². The van der Waals surface area contributed by atoms with Crippen molar-refractivity contribution in [2.45, 2.75) is 39.3 Å². The van der Waals surface area contributed by atoms with Gasteiger partial charge in [0.2, 0.25) is 5.91 Å². The van der Waals surface area contributed by atoms with Crippen LogP contribution in [0.5, 0.6) is 0 Å². The van der Waals surface area contributed by atoms with Gasteiger partial charge in [0.05, 0.1) is 23.4 Å². The number of ether oxygens (including phenoxy) is 1. The van der Waals surface area contributed by atoms with Crippen LogP contribution in [0.2, 0.25) is 0 Å². The van der Waals surface area contributed by atoms with Crippen molar-refractivity contribution in [3.05, 3.63) is 47.2 Å². The SMILES string of the molecule is CC1=C(C(=O)OC(C)C)[C@H](c2ccccc2)N2C(=O)CCSC2=N1. The number of carbonyl (C=O) groups is 2. The number of amidine groups is 1. The second-order valence-corrected chi connectivity index (χ2v) is 7.09. The van der Waals surface area contributed by atoms with E-state index in [-0.39, 0.29) is 12.0 Å². The van der Waals surface area contributed by atoms with Gasteiger partial charge < -0.3 is 4.74 Å². The van der Waals surface area contributed by atoms with Gasteiger partial charge in [-0.2, -0.15) is 0 Å². The van der Waals surface area contributed by atoms with Gasteiger partial charge in [-0.15, -0.1) is 0 Å². The van der Waals surface area contributed by atoms with E-state index in [4.69, 9.17) is 4.74 Å². The van der Waals surface area contributed by atoms with Gasteiger partial charge in [0.1, 0.15) is 0 Å². The number of hydrogen-bond donors (Lipinski definition) is 0. The predicted octanol–water partition coefficient (Wildman–Crippen LogP) is 3.29. The van der Waals surface area contributed by atoms with Gasteiger partial charge in [0.25, 0.3) is 0 Å². The number of aliphatic imine (C=N–C) groups is 1. The first-order chi connectivity index (χ1) is 11.5. The summed E-state index contributed by atoms with van der Waals surface area (Å²) in [5.74, 6) is 0.292. The lowest BCUT2D eigenvalue weighted by Crippen LogP contribution is -2.46. The first kappa shape index (κ1) is 16.8. The van der Waals surface area contributed by atoms with Crippen LogP contribution in [0, 0.1) is 0 Å². The van der Waals surface area contributed by atoms with Gasteiger partial charge in [-0.25, -0.2) is 9.79 Å². The maximum Gasteiger partial charge on any atom is 0.338 e. The highest BCUT2D eigenvalue weighted by atomic mass is 32.2. The molecule has 2 heterocycles. The van der Waals surface area contributed by atoms with Crippen LogP contribution in [0.25, 0.3) is 0 Å². The molecule has 5 nitrogen and oxygen atoms in total. The van der Waals surface area contributed by atoms with Gasteiger partial charge >= 0.3 is 5.97 Å². The number of hydrogen-bond acceptors (Lipinski definition) is 5. The highest BCUT2D eigenvalue weighted by Gasteiger charge is 2.41. The maximum atomic E-state index is 12.7. The Morgan fingerprint density at radius 3 is 2.71 bits per heavy atom. The molecule has 0 saturated carbocycles. The number of nitrogens with zero attached hydrogens (tertiary/aromatic N) is 2. The summed E-state index contributed by atoms with van der Waals surface area (Å²) in [7, 11) is 0. The Morgan fingerprint density at radius 1 is 1.33 bits per heavy atom. The zero-order valence-corrected chi connectivity index (χ0v) is 14.8. The molecule has 1 atom stereocenters. The number of carbonyl (C=O) groups excluding carboxylic acids is 2. The molecular formula is C18H20N2O3S. The van der Waals surface area contributed by atoms with E-state index >= 15 is 0 Å². The summed E-state index contributed by atoms with van der Waals surface area (Å²) < 4.78 is 5.42. The van der Waals surface area contributed by atoms with Crippen LogP contribution < -0.4 is 0 Å². The third-order valence-electron chi connectivity index (χ3n) is 3.88. The minimum absolute atomic E-state index is 0.0105. The molecule has 6 heteroatoms. The molecule has 126 valence electrons. The predicted molar refractivity (Wildman–Crippen MR) is 94.5 cm³/mol. The number of rotatable bonds is 3. The van der Waals surface area contributed by atoms with Crippen molar-refractivity contribution in [2.75, 3.05) is 5.75 Å². The molecule has 1 fully saturated rings. The normalized spacial score (nSPS) is 20.8. The third kappa shape index (κ3) is 3.11. The van der Waals surface area contributed by atoms with Gasteiger partial charge in [-0.1, -0.05) is 42.1 Å². The van der Waals surface area contributed by atoms with E-state index in [0.717, 1.165) is 5.56 Å². The molecule has 0 radical (unpaired) electrons. The molecule has 1 aromatic rings. The Kier molecular flexibility index (Phi) is 4.76. The first-order valence-electron chi connectivity index (χ1n) is 7.99. The average molecular weight is 344 g/mol. The molecule has 3 rings (SSSR count). The fourth-order valence-corrected chi connectivity index (χ4v) is 3.89. The fourth-order valence-electron chi connectivity index (χ4n) is 2.89. The van der Waals surface area contributed by atoms with Crippen LogP contribution in [-0.4, -0.2) is 33.8 Å². The monoisotopic (exact) mass is 344 g/mol. The summed E-state index contributed by atoms with van der Waals surface area (Å²) in [5.41, 5.74) is 1.94. The molecule has 1 aromatic carbocycles.